The van der Waals surface area contributed by atoms with E-state index in [0.29, 0.717) is 29.4 Å². The first-order valence-corrected chi connectivity index (χ1v) is 13.7. The second-order valence-corrected chi connectivity index (χ2v) is 10.9. The summed E-state index contributed by atoms with van der Waals surface area (Å²) in [5, 5.41) is 15.2. The summed E-state index contributed by atoms with van der Waals surface area (Å²) in [5.74, 6) is 0.709. The number of nitrogens with one attached hydrogen (secondary N) is 1. The molecule has 216 valence electrons. The number of nitrogens with zero attached hydrogens (tertiary/aromatic N) is 7. The highest BCUT2D eigenvalue weighted by Crippen LogP contribution is 2.39. The van der Waals surface area contributed by atoms with E-state index < -0.39 is 4.92 Å². The second kappa shape index (κ2) is 11.2. The standard InChI is InChI=1S/C29H36N8O4/c1-18(2)36-25-15-20(14-19-8-7-11-35(27(19)25)29(36)38)21-9-10-30-28(31-21)32-22-16-24(37(39)40)23(17-26(22)41-6)34(5)13-12-33(3)4/h9-10,14-18H,7-8,11-13H2,1-6H3,(H,30,31,32). The minimum absolute atomic E-state index is 0.0163. The van der Waals surface area contributed by atoms with Gasteiger partial charge in [0.05, 0.1) is 34.4 Å². The van der Waals surface area contributed by atoms with Crippen molar-refractivity contribution in [3.8, 4) is 17.0 Å². The largest absolute Gasteiger partial charge is 0.494 e. The summed E-state index contributed by atoms with van der Waals surface area (Å²) < 4.78 is 9.33. The summed E-state index contributed by atoms with van der Waals surface area (Å²) in [4.78, 5) is 37.7. The molecular formula is C29H36N8O4. The van der Waals surface area contributed by atoms with Gasteiger partial charge in [-0.3, -0.25) is 19.2 Å². The van der Waals surface area contributed by atoms with Crippen LogP contribution < -0.4 is 20.6 Å². The third-order valence-electron chi connectivity index (χ3n) is 7.46. The van der Waals surface area contributed by atoms with Crippen LogP contribution >= 0.6 is 0 Å². The maximum absolute atomic E-state index is 13.1. The molecule has 0 atom stereocenters. The van der Waals surface area contributed by atoms with Crippen LogP contribution in [0.25, 0.3) is 22.3 Å². The number of aromatic nitrogens is 4. The van der Waals surface area contributed by atoms with Crippen molar-refractivity contribution in [2.75, 3.05) is 51.6 Å². The molecule has 2 aromatic heterocycles. The Morgan fingerprint density at radius 2 is 1.95 bits per heavy atom. The van der Waals surface area contributed by atoms with Crippen molar-refractivity contribution >= 4 is 34.0 Å². The van der Waals surface area contributed by atoms with E-state index in [1.807, 2.05) is 66.1 Å². The zero-order chi connectivity index (χ0) is 29.4. The fraction of sp³-hybridized carbons (Fsp3) is 0.414. The van der Waals surface area contributed by atoms with Gasteiger partial charge in [0.1, 0.15) is 11.4 Å². The number of rotatable bonds is 10. The molecule has 5 rings (SSSR count). The molecule has 12 heteroatoms. The molecule has 2 aromatic carbocycles. The zero-order valence-corrected chi connectivity index (χ0v) is 24.3. The summed E-state index contributed by atoms with van der Waals surface area (Å²) in [5.41, 5.74) is 5.39. The van der Waals surface area contributed by atoms with Crippen molar-refractivity contribution in [3.05, 3.63) is 62.7 Å². The van der Waals surface area contributed by atoms with Gasteiger partial charge in [-0.15, -0.1) is 0 Å². The molecule has 0 fully saturated rings. The number of aryl methyl sites for hydroxylation is 2. The van der Waals surface area contributed by atoms with Crippen LogP contribution in [0.4, 0.5) is 23.0 Å². The third kappa shape index (κ3) is 5.34. The SMILES string of the molecule is COc1cc(N(C)CCN(C)C)c([N+](=O)[O-])cc1Nc1nccc(-c2cc3c4c(c2)n(C(C)C)c(=O)n4CCC3)n1. The Kier molecular flexibility index (Phi) is 7.68. The molecule has 0 saturated carbocycles. The number of methoxy groups -OCH3 is 1. The van der Waals surface area contributed by atoms with E-state index >= 15 is 0 Å². The van der Waals surface area contributed by atoms with Crippen molar-refractivity contribution < 1.29 is 9.66 Å². The van der Waals surface area contributed by atoms with Crippen LogP contribution in [0.15, 0.2) is 41.3 Å². The van der Waals surface area contributed by atoms with Gasteiger partial charge in [0.25, 0.3) is 5.69 Å². The molecule has 0 radical (unpaired) electrons. The Hall–Kier alpha value is -4.45. The highest BCUT2D eigenvalue weighted by atomic mass is 16.6. The lowest BCUT2D eigenvalue weighted by molar-refractivity contribution is -0.384. The van der Waals surface area contributed by atoms with Gasteiger partial charge in [0.2, 0.25) is 5.95 Å². The van der Waals surface area contributed by atoms with E-state index in [4.69, 9.17) is 9.72 Å². The lowest BCUT2D eigenvalue weighted by Crippen LogP contribution is -2.28. The van der Waals surface area contributed by atoms with Crippen LogP contribution in [0.5, 0.6) is 5.75 Å². The minimum atomic E-state index is -0.398. The van der Waals surface area contributed by atoms with Crippen molar-refractivity contribution in [2.24, 2.45) is 0 Å². The number of nitro benzene ring substituents is 1. The Morgan fingerprint density at radius 3 is 2.63 bits per heavy atom. The summed E-state index contributed by atoms with van der Waals surface area (Å²) in [6.07, 6.45) is 3.44. The van der Waals surface area contributed by atoms with Gasteiger partial charge >= 0.3 is 5.69 Å². The smallest absolute Gasteiger partial charge is 0.329 e. The number of hydrogen-bond donors (Lipinski definition) is 1. The molecule has 0 aliphatic carbocycles. The molecule has 0 spiro atoms. The predicted octanol–water partition coefficient (Wildman–Crippen LogP) is 4.45. The van der Waals surface area contributed by atoms with Gasteiger partial charge in [-0.05, 0) is 64.5 Å². The van der Waals surface area contributed by atoms with Crippen LogP contribution in [0.3, 0.4) is 0 Å². The number of ether oxygens (including phenoxy) is 1. The molecule has 41 heavy (non-hydrogen) atoms. The summed E-state index contributed by atoms with van der Waals surface area (Å²) in [6, 6.07) is 9.06. The van der Waals surface area contributed by atoms with E-state index in [1.165, 1.54) is 13.2 Å². The molecule has 0 saturated heterocycles. The molecule has 1 N–H and O–H groups in total. The highest BCUT2D eigenvalue weighted by molar-refractivity contribution is 5.86. The van der Waals surface area contributed by atoms with Crippen LogP contribution in [0.1, 0.15) is 31.9 Å². The Bertz CT molecular complexity index is 1670. The lowest BCUT2D eigenvalue weighted by Gasteiger charge is -2.22. The van der Waals surface area contributed by atoms with E-state index in [0.717, 1.165) is 48.1 Å². The van der Waals surface area contributed by atoms with Crippen molar-refractivity contribution in [3.63, 3.8) is 0 Å². The average molecular weight is 561 g/mol. The normalized spacial score (nSPS) is 12.8. The molecule has 1 aliphatic heterocycles. The van der Waals surface area contributed by atoms with Gasteiger partial charge in [0, 0.05) is 56.6 Å². The Balaban J connectivity index is 1.53. The van der Waals surface area contributed by atoms with Crippen LogP contribution in [-0.2, 0) is 13.0 Å². The highest BCUT2D eigenvalue weighted by Gasteiger charge is 2.24. The first-order valence-electron chi connectivity index (χ1n) is 13.7. The maximum Gasteiger partial charge on any atom is 0.329 e. The van der Waals surface area contributed by atoms with E-state index in [-0.39, 0.29) is 23.4 Å². The van der Waals surface area contributed by atoms with Crippen molar-refractivity contribution in [2.45, 2.75) is 39.3 Å². The van der Waals surface area contributed by atoms with Gasteiger partial charge < -0.3 is 19.9 Å². The monoisotopic (exact) mass is 560 g/mol. The molecule has 4 aromatic rings. The van der Waals surface area contributed by atoms with Gasteiger partial charge in [0.15, 0.2) is 0 Å². The molecular weight excluding hydrogens is 524 g/mol. The number of anilines is 3. The lowest BCUT2D eigenvalue weighted by atomic mass is 10.00. The van der Waals surface area contributed by atoms with Crippen LogP contribution in [0.2, 0.25) is 0 Å². The van der Waals surface area contributed by atoms with E-state index in [1.54, 1.807) is 12.3 Å². The summed E-state index contributed by atoms with van der Waals surface area (Å²) >= 11 is 0. The molecule has 0 bridgehead atoms. The molecule has 12 nitrogen and oxygen atoms in total. The topological polar surface area (TPSA) is 124 Å². The quantitative estimate of drug-likeness (QED) is 0.221. The third-order valence-corrected chi connectivity index (χ3v) is 7.46. The predicted molar refractivity (Wildman–Crippen MR) is 161 cm³/mol. The van der Waals surface area contributed by atoms with Gasteiger partial charge in [-0.25, -0.2) is 14.8 Å². The average Bonchev–Trinajstić information content (AvgIpc) is 3.24. The minimum Gasteiger partial charge on any atom is -0.494 e. The number of likely N-dealkylation sites (N-methyl/N-ethyl adjacent to an activating group) is 2. The maximum atomic E-state index is 13.1. The zero-order valence-electron chi connectivity index (χ0n) is 24.3. The first kappa shape index (κ1) is 28.1. The Morgan fingerprint density at radius 1 is 1.17 bits per heavy atom. The van der Waals surface area contributed by atoms with Crippen molar-refractivity contribution in [1.82, 2.24) is 24.0 Å². The second-order valence-electron chi connectivity index (χ2n) is 10.9. The molecule has 0 amide bonds. The summed E-state index contributed by atoms with van der Waals surface area (Å²) in [6.45, 7) is 6.10. The summed E-state index contributed by atoms with van der Waals surface area (Å²) in [7, 11) is 7.25. The number of benzene rings is 2. The molecule has 3 heterocycles. The number of nitro groups is 1. The first-order chi connectivity index (χ1) is 19.6. The van der Waals surface area contributed by atoms with E-state index in [2.05, 4.69) is 16.4 Å². The van der Waals surface area contributed by atoms with Gasteiger partial charge in [-0.2, -0.15) is 0 Å². The van der Waals surface area contributed by atoms with Crippen molar-refractivity contribution in [1.29, 1.82) is 0 Å². The van der Waals surface area contributed by atoms with Crippen LogP contribution in [-0.4, -0.2) is 70.3 Å². The van der Waals surface area contributed by atoms with E-state index in [9.17, 15) is 14.9 Å². The molecule has 1 aliphatic rings. The fourth-order valence-corrected chi connectivity index (χ4v) is 5.42. The Labute approximate surface area is 238 Å². The molecule has 0 unspecified atom stereocenters. The van der Waals surface area contributed by atoms with Crippen LogP contribution in [0, 0.1) is 10.1 Å². The van der Waals surface area contributed by atoms with Gasteiger partial charge in [-0.1, -0.05) is 0 Å². The number of hydrogen-bond acceptors (Lipinski definition) is 9. The fourth-order valence-electron chi connectivity index (χ4n) is 5.42. The number of imidazole rings is 1.